The Morgan fingerprint density at radius 2 is 1.86 bits per heavy atom. The van der Waals surface area contributed by atoms with Crippen molar-refractivity contribution < 1.29 is 17.6 Å². The molecule has 9 heteroatoms. The first-order valence-corrected chi connectivity index (χ1v) is 11.0. The first-order valence-electron chi connectivity index (χ1n) is 8.70. The highest BCUT2D eigenvalue weighted by atomic mass is 32.2. The number of benzene rings is 2. The van der Waals surface area contributed by atoms with E-state index in [0.717, 1.165) is 15.4 Å². The zero-order valence-electron chi connectivity index (χ0n) is 16.1. The summed E-state index contributed by atoms with van der Waals surface area (Å²) in [5.74, 6) is -0.623. The molecule has 0 radical (unpaired) electrons. The van der Waals surface area contributed by atoms with E-state index in [1.165, 1.54) is 49.7 Å². The van der Waals surface area contributed by atoms with E-state index in [4.69, 9.17) is 0 Å². The van der Waals surface area contributed by atoms with Crippen LogP contribution in [0, 0.1) is 12.7 Å². The van der Waals surface area contributed by atoms with E-state index in [2.05, 4.69) is 10.3 Å². The van der Waals surface area contributed by atoms with Gasteiger partial charge in [-0.15, -0.1) is 11.3 Å². The molecule has 1 N–H and O–H groups in total. The molecule has 1 aromatic heterocycles. The minimum atomic E-state index is -3.60. The van der Waals surface area contributed by atoms with Crippen molar-refractivity contribution >= 4 is 33.0 Å². The van der Waals surface area contributed by atoms with Gasteiger partial charge in [0.05, 0.1) is 17.0 Å². The Hall–Kier alpha value is -2.62. The Bertz CT molecular complexity index is 1140. The quantitative estimate of drug-likeness (QED) is 0.643. The number of hydrogen-bond acceptors (Lipinski definition) is 5. The highest BCUT2D eigenvalue weighted by Gasteiger charge is 2.19. The maximum absolute atomic E-state index is 13.1. The third kappa shape index (κ3) is 4.87. The molecule has 0 fully saturated rings. The van der Waals surface area contributed by atoms with E-state index in [1.807, 2.05) is 0 Å². The summed E-state index contributed by atoms with van der Waals surface area (Å²) in [4.78, 5) is 17.0. The first kappa shape index (κ1) is 21.1. The number of carbonyl (C=O) groups is 1. The number of thiazole rings is 1. The maximum atomic E-state index is 13.1. The molecule has 152 valence electrons. The van der Waals surface area contributed by atoms with Gasteiger partial charge in [0.1, 0.15) is 10.8 Å². The van der Waals surface area contributed by atoms with Crippen LogP contribution in [0.15, 0.2) is 52.7 Å². The van der Waals surface area contributed by atoms with Crippen LogP contribution in [0.4, 0.5) is 10.1 Å². The van der Waals surface area contributed by atoms with Crippen molar-refractivity contribution in [1.82, 2.24) is 9.29 Å². The average molecular weight is 434 g/mol. The molecule has 0 aliphatic carbocycles. The van der Waals surface area contributed by atoms with Crippen LogP contribution in [0.25, 0.3) is 10.6 Å². The minimum absolute atomic E-state index is 0.0434. The molecule has 0 saturated carbocycles. The number of nitrogens with zero attached hydrogens (tertiary/aromatic N) is 2. The smallest absolute Gasteiger partial charge is 0.242 e. The minimum Gasteiger partial charge on any atom is -0.325 e. The molecule has 0 aliphatic rings. The van der Waals surface area contributed by atoms with Gasteiger partial charge in [0.15, 0.2) is 0 Å². The van der Waals surface area contributed by atoms with Gasteiger partial charge in [-0.05, 0) is 48.9 Å². The molecule has 3 rings (SSSR count). The lowest BCUT2D eigenvalue weighted by Gasteiger charge is -2.14. The number of nitrogens with one attached hydrogen (secondary N) is 1. The molecule has 0 spiro atoms. The zero-order valence-corrected chi connectivity index (χ0v) is 17.8. The van der Waals surface area contributed by atoms with Crippen LogP contribution in [-0.2, 0) is 21.2 Å². The monoisotopic (exact) mass is 433 g/mol. The number of aryl methyl sites for hydroxylation is 1. The largest absolute Gasteiger partial charge is 0.325 e. The standard InChI is InChI=1S/C20H20FN3O3S2/c1-13-4-9-17(29(26,27)24(2)3)11-18(13)23-19(25)10-16-12-28-20(22-16)14-5-7-15(21)8-6-14/h4-9,11-12H,10H2,1-3H3,(H,23,25). The topological polar surface area (TPSA) is 79.4 Å². The number of amides is 1. The van der Waals surface area contributed by atoms with E-state index in [0.29, 0.717) is 16.4 Å². The fraction of sp³-hybridized carbons (Fsp3) is 0.200. The summed E-state index contributed by atoms with van der Waals surface area (Å²) in [5, 5.41) is 5.23. The zero-order chi connectivity index (χ0) is 21.2. The van der Waals surface area contributed by atoms with Crippen LogP contribution in [0.3, 0.4) is 0 Å². The van der Waals surface area contributed by atoms with Crippen molar-refractivity contribution in [1.29, 1.82) is 0 Å². The highest BCUT2D eigenvalue weighted by molar-refractivity contribution is 7.89. The molecule has 29 heavy (non-hydrogen) atoms. The fourth-order valence-corrected chi connectivity index (χ4v) is 4.33. The second kappa shape index (κ2) is 8.40. The lowest BCUT2D eigenvalue weighted by atomic mass is 10.2. The van der Waals surface area contributed by atoms with Crippen molar-refractivity contribution in [3.8, 4) is 10.6 Å². The number of hydrogen-bond donors (Lipinski definition) is 1. The van der Waals surface area contributed by atoms with E-state index in [9.17, 15) is 17.6 Å². The van der Waals surface area contributed by atoms with Crippen molar-refractivity contribution in [3.05, 3.63) is 64.9 Å². The molecular formula is C20H20FN3O3S2. The predicted octanol–water partition coefficient (Wildman–Crippen LogP) is 3.69. The third-order valence-corrected chi connectivity index (χ3v) is 7.00. The van der Waals surface area contributed by atoms with Crippen LogP contribution < -0.4 is 5.32 Å². The van der Waals surface area contributed by atoms with Crippen LogP contribution in [0.2, 0.25) is 0 Å². The molecule has 3 aromatic rings. The van der Waals surface area contributed by atoms with Gasteiger partial charge >= 0.3 is 0 Å². The summed E-state index contributed by atoms with van der Waals surface area (Å²) in [6.07, 6.45) is 0.0434. The molecule has 2 aromatic carbocycles. The second-order valence-corrected chi connectivity index (χ2v) is 9.65. The number of anilines is 1. The highest BCUT2D eigenvalue weighted by Crippen LogP contribution is 2.25. The second-order valence-electron chi connectivity index (χ2n) is 6.64. The van der Waals surface area contributed by atoms with Gasteiger partial charge in [0, 0.05) is 30.7 Å². The summed E-state index contributed by atoms with van der Waals surface area (Å²) in [7, 11) is -0.691. The van der Waals surface area contributed by atoms with E-state index in [1.54, 1.807) is 30.5 Å². The number of aromatic nitrogens is 1. The SMILES string of the molecule is Cc1ccc(S(=O)(=O)N(C)C)cc1NC(=O)Cc1csc(-c2ccc(F)cc2)n1. The molecule has 0 bridgehead atoms. The van der Waals surface area contributed by atoms with Crippen molar-refractivity contribution in [2.24, 2.45) is 0 Å². The van der Waals surface area contributed by atoms with Crippen molar-refractivity contribution in [2.75, 3.05) is 19.4 Å². The molecule has 0 saturated heterocycles. The molecule has 0 unspecified atom stereocenters. The average Bonchev–Trinajstić information content (AvgIpc) is 3.12. The summed E-state index contributed by atoms with van der Waals surface area (Å²) in [5.41, 5.74) is 2.55. The maximum Gasteiger partial charge on any atom is 0.242 e. The Morgan fingerprint density at radius 1 is 1.17 bits per heavy atom. The van der Waals surface area contributed by atoms with Gasteiger partial charge in [-0.3, -0.25) is 4.79 Å². The van der Waals surface area contributed by atoms with Gasteiger partial charge in [0.25, 0.3) is 0 Å². The van der Waals surface area contributed by atoms with Crippen LogP contribution >= 0.6 is 11.3 Å². The molecular weight excluding hydrogens is 413 g/mol. The number of carbonyl (C=O) groups excluding carboxylic acids is 1. The summed E-state index contributed by atoms with van der Waals surface area (Å²) >= 11 is 1.37. The Kier molecular flexibility index (Phi) is 6.11. The van der Waals surface area contributed by atoms with E-state index >= 15 is 0 Å². The fourth-order valence-electron chi connectivity index (χ4n) is 2.58. The summed E-state index contributed by atoms with van der Waals surface area (Å²) in [6, 6.07) is 10.6. The number of halogens is 1. The summed E-state index contributed by atoms with van der Waals surface area (Å²) in [6.45, 7) is 1.79. The Balaban J connectivity index is 1.74. The van der Waals surface area contributed by atoms with Gasteiger partial charge in [0.2, 0.25) is 15.9 Å². The van der Waals surface area contributed by atoms with E-state index in [-0.39, 0.29) is 23.0 Å². The Morgan fingerprint density at radius 3 is 2.52 bits per heavy atom. The van der Waals surface area contributed by atoms with Gasteiger partial charge in [-0.2, -0.15) is 0 Å². The lowest BCUT2D eigenvalue weighted by Crippen LogP contribution is -2.22. The van der Waals surface area contributed by atoms with Crippen LogP contribution in [0.1, 0.15) is 11.3 Å². The van der Waals surface area contributed by atoms with Crippen LogP contribution in [-0.4, -0.2) is 37.7 Å². The molecule has 6 nitrogen and oxygen atoms in total. The number of sulfonamides is 1. The molecule has 1 heterocycles. The number of rotatable bonds is 6. The Labute approximate surface area is 173 Å². The predicted molar refractivity (Wildman–Crippen MR) is 112 cm³/mol. The van der Waals surface area contributed by atoms with Gasteiger partial charge in [-0.25, -0.2) is 22.1 Å². The summed E-state index contributed by atoms with van der Waals surface area (Å²) < 4.78 is 38.8. The third-order valence-electron chi connectivity index (χ3n) is 4.25. The first-order chi connectivity index (χ1) is 13.7. The molecule has 0 atom stereocenters. The van der Waals surface area contributed by atoms with Crippen LogP contribution in [0.5, 0.6) is 0 Å². The lowest BCUT2D eigenvalue weighted by molar-refractivity contribution is -0.115. The van der Waals surface area contributed by atoms with Crippen molar-refractivity contribution in [2.45, 2.75) is 18.2 Å². The molecule has 1 amide bonds. The van der Waals surface area contributed by atoms with Gasteiger partial charge in [-0.1, -0.05) is 6.07 Å². The van der Waals surface area contributed by atoms with E-state index < -0.39 is 10.0 Å². The normalized spacial score (nSPS) is 11.6. The van der Waals surface area contributed by atoms with Gasteiger partial charge < -0.3 is 5.32 Å². The van der Waals surface area contributed by atoms with Crippen molar-refractivity contribution in [3.63, 3.8) is 0 Å². The molecule has 0 aliphatic heterocycles.